The second-order valence-electron chi connectivity index (χ2n) is 3.37. The van der Waals surface area contributed by atoms with E-state index in [9.17, 15) is 4.79 Å². The second kappa shape index (κ2) is 2.96. The normalized spacial score (nSPS) is 25.6. The lowest BCUT2D eigenvalue weighted by Gasteiger charge is -2.21. The minimum absolute atomic E-state index is 0.670. The lowest BCUT2D eigenvalue weighted by atomic mass is 9.98. The van der Waals surface area contributed by atoms with Crippen molar-refractivity contribution in [3.63, 3.8) is 0 Å². The summed E-state index contributed by atoms with van der Waals surface area (Å²) in [4.78, 5) is 11.0. The van der Waals surface area contributed by atoms with Crippen LogP contribution in [0.1, 0.15) is 17.5 Å². The summed E-state index contributed by atoms with van der Waals surface area (Å²) >= 11 is 0. The van der Waals surface area contributed by atoms with E-state index in [0.29, 0.717) is 0 Å². The van der Waals surface area contributed by atoms with Gasteiger partial charge in [0.25, 0.3) is 0 Å². The van der Waals surface area contributed by atoms with Crippen molar-refractivity contribution in [1.29, 1.82) is 0 Å². The summed E-state index contributed by atoms with van der Waals surface area (Å²) in [6, 6.07) is 7.97. The zero-order valence-electron chi connectivity index (χ0n) is 7.62. The van der Waals surface area contributed by atoms with E-state index in [-0.39, 0.29) is 0 Å². The fraction of sp³-hybridized carbons (Fsp3) is 0.364. The Morgan fingerprint density at radius 2 is 2.23 bits per heavy atom. The first-order valence-corrected chi connectivity index (χ1v) is 4.42. The molecule has 1 aliphatic rings. The average Bonchev–Trinajstić information content (AvgIpc) is 2.58. The Hall–Kier alpha value is -1.15. The summed E-state index contributed by atoms with van der Waals surface area (Å²) in [5.74, 6) is 0. The minimum atomic E-state index is -0.670. The van der Waals surface area contributed by atoms with Crippen LogP contribution in [-0.4, -0.2) is 13.4 Å². The third kappa shape index (κ3) is 1.10. The van der Waals surface area contributed by atoms with Gasteiger partial charge in [-0.2, -0.15) is 0 Å². The lowest BCUT2D eigenvalue weighted by Crippen LogP contribution is -2.26. The van der Waals surface area contributed by atoms with Crippen LogP contribution in [0.5, 0.6) is 0 Å². The minimum Gasteiger partial charge on any atom is -0.366 e. The third-order valence-electron chi connectivity index (χ3n) is 2.79. The molecule has 1 atom stereocenters. The topological polar surface area (TPSA) is 26.3 Å². The van der Waals surface area contributed by atoms with Crippen LogP contribution in [0.3, 0.4) is 0 Å². The van der Waals surface area contributed by atoms with E-state index in [1.54, 1.807) is 7.11 Å². The highest BCUT2D eigenvalue weighted by atomic mass is 16.5. The summed E-state index contributed by atoms with van der Waals surface area (Å²) < 4.78 is 5.31. The number of rotatable bonds is 2. The Morgan fingerprint density at radius 1 is 1.46 bits per heavy atom. The standard InChI is InChI=1S/C11H12O2/c1-13-11(8-12)7-6-9-4-2-3-5-10(9)11/h2-5,8H,6-7H2,1H3. The molecule has 68 valence electrons. The number of ether oxygens (including phenoxy) is 1. The molecule has 1 unspecified atom stereocenters. The van der Waals surface area contributed by atoms with Gasteiger partial charge in [0.15, 0.2) is 6.29 Å². The molecule has 13 heavy (non-hydrogen) atoms. The van der Waals surface area contributed by atoms with E-state index in [4.69, 9.17) is 4.74 Å². The first-order valence-electron chi connectivity index (χ1n) is 4.42. The monoisotopic (exact) mass is 176 g/mol. The summed E-state index contributed by atoms with van der Waals surface area (Å²) in [6.45, 7) is 0. The van der Waals surface area contributed by atoms with Crippen molar-refractivity contribution in [2.24, 2.45) is 0 Å². The molecule has 0 radical (unpaired) electrons. The van der Waals surface area contributed by atoms with Crippen LogP contribution >= 0.6 is 0 Å². The average molecular weight is 176 g/mol. The second-order valence-corrected chi connectivity index (χ2v) is 3.37. The number of hydrogen-bond donors (Lipinski definition) is 0. The van der Waals surface area contributed by atoms with Crippen LogP contribution in [0.15, 0.2) is 24.3 Å². The van der Waals surface area contributed by atoms with Crippen molar-refractivity contribution in [3.05, 3.63) is 35.4 Å². The predicted octanol–water partition coefficient (Wildman–Crippen LogP) is 1.67. The van der Waals surface area contributed by atoms with Crippen LogP contribution < -0.4 is 0 Å². The molecule has 1 aromatic rings. The Balaban J connectivity index is 2.53. The van der Waals surface area contributed by atoms with E-state index in [2.05, 4.69) is 6.07 Å². The van der Waals surface area contributed by atoms with Gasteiger partial charge >= 0.3 is 0 Å². The molecule has 0 spiro atoms. The highest BCUT2D eigenvalue weighted by molar-refractivity contribution is 5.69. The molecular formula is C11H12O2. The molecule has 0 amide bonds. The zero-order chi connectivity index (χ0) is 9.31. The molecule has 2 rings (SSSR count). The van der Waals surface area contributed by atoms with Gasteiger partial charge in [0.05, 0.1) is 0 Å². The van der Waals surface area contributed by atoms with E-state index in [1.807, 2.05) is 18.2 Å². The third-order valence-corrected chi connectivity index (χ3v) is 2.79. The number of aryl methyl sites for hydroxylation is 1. The summed E-state index contributed by atoms with van der Waals surface area (Å²) in [7, 11) is 1.59. The van der Waals surface area contributed by atoms with Gasteiger partial charge < -0.3 is 4.74 Å². The molecule has 0 aromatic heterocycles. The van der Waals surface area contributed by atoms with E-state index >= 15 is 0 Å². The molecule has 0 fully saturated rings. The van der Waals surface area contributed by atoms with Crippen molar-refractivity contribution in [1.82, 2.24) is 0 Å². The zero-order valence-corrected chi connectivity index (χ0v) is 7.62. The molecule has 1 aromatic carbocycles. The van der Waals surface area contributed by atoms with Crippen molar-refractivity contribution < 1.29 is 9.53 Å². The van der Waals surface area contributed by atoms with Crippen LogP contribution in [0.25, 0.3) is 0 Å². The van der Waals surface area contributed by atoms with Gasteiger partial charge in [-0.25, -0.2) is 0 Å². The van der Waals surface area contributed by atoms with Gasteiger partial charge in [0, 0.05) is 7.11 Å². The molecule has 2 nitrogen and oxygen atoms in total. The van der Waals surface area contributed by atoms with Gasteiger partial charge in [-0.15, -0.1) is 0 Å². The SMILES string of the molecule is COC1(C=O)CCc2ccccc21. The van der Waals surface area contributed by atoms with Crippen LogP contribution in [0.4, 0.5) is 0 Å². The number of carbonyl (C=O) groups is 1. The van der Waals surface area contributed by atoms with Crippen molar-refractivity contribution >= 4 is 6.29 Å². The van der Waals surface area contributed by atoms with Crippen molar-refractivity contribution in [2.75, 3.05) is 7.11 Å². The lowest BCUT2D eigenvalue weighted by molar-refractivity contribution is -0.128. The number of fused-ring (bicyclic) bond motifs is 1. The molecule has 0 aliphatic heterocycles. The Morgan fingerprint density at radius 3 is 2.92 bits per heavy atom. The van der Waals surface area contributed by atoms with Gasteiger partial charge in [-0.3, -0.25) is 4.79 Å². The van der Waals surface area contributed by atoms with Crippen molar-refractivity contribution in [2.45, 2.75) is 18.4 Å². The maximum Gasteiger partial charge on any atom is 0.156 e. The molecule has 2 heteroatoms. The fourth-order valence-corrected chi connectivity index (χ4v) is 1.99. The molecule has 0 saturated heterocycles. The highest BCUT2D eigenvalue weighted by Crippen LogP contribution is 2.37. The number of hydrogen-bond acceptors (Lipinski definition) is 2. The number of methoxy groups -OCH3 is 1. The largest absolute Gasteiger partial charge is 0.366 e. The first kappa shape index (κ1) is 8.45. The molecule has 0 heterocycles. The number of carbonyl (C=O) groups excluding carboxylic acids is 1. The first-order chi connectivity index (χ1) is 6.32. The van der Waals surface area contributed by atoms with E-state index in [0.717, 1.165) is 24.7 Å². The fourth-order valence-electron chi connectivity index (χ4n) is 1.99. The quantitative estimate of drug-likeness (QED) is 0.641. The summed E-state index contributed by atoms with van der Waals surface area (Å²) in [5, 5.41) is 0. The van der Waals surface area contributed by atoms with E-state index in [1.165, 1.54) is 5.56 Å². The summed E-state index contributed by atoms with van der Waals surface area (Å²) in [5.41, 5.74) is 1.60. The van der Waals surface area contributed by atoms with Gasteiger partial charge in [0.2, 0.25) is 0 Å². The Bertz CT molecular complexity index is 333. The van der Waals surface area contributed by atoms with Gasteiger partial charge in [0.1, 0.15) is 5.60 Å². The maximum absolute atomic E-state index is 11.0. The van der Waals surface area contributed by atoms with Crippen LogP contribution in [0.2, 0.25) is 0 Å². The Kier molecular flexibility index (Phi) is 1.93. The summed E-state index contributed by atoms with van der Waals surface area (Å²) in [6.07, 6.45) is 2.62. The number of benzene rings is 1. The Labute approximate surface area is 77.5 Å². The van der Waals surface area contributed by atoms with Gasteiger partial charge in [-0.1, -0.05) is 24.3 Å². The van der Waals surface area contributed by atoms with Crippen LogP contribution in [0, 0.1) is 0 Å². The maximum atomic E-state index is 11.0. The smallest absolute Gasteiger partial charge is 0.156 e. The number of aldehydes is 1. The molecule has 0 bridgehead atoms. The molecule has 0 saturated carbocycles. The molecular weight excluding hydrogens is 164 g/mol. The highest BCUT2D eigenvalue weighted by Gasteiger charge is 2.38. The van der Waals surface area contributed by atoms with Crippen molar-refractivity contribution in [3.8, 4) is 0 Å². The van der Waals surface area contributed by atoms with Crippen LogP contribution in [-0.2, 0) is 21.6 Å². The molecule has 0 N–H and O–H groups in total. The van der Waals surface area contributed by atoms with E-state index < -0.39 is 5.60 Å². The van der Waals surface area contributed by atoms with Gasteiger partial charge in [-0.05, 0) is 24.0 Å². The molecule has 1 aliphatic carbocycles. The predicted molar refractivity (Wildman–Crippen MR) is 49.5 cm³/mol.